The number of carbonyl (C=O) groups is 1. The molecule has 1 aliphatic heterocycles. The summed E-state index contributed by atoms with van der Waals surface area (Å²) >= 11 is 1.21. The van der Waals surface area contributed by atoms with Crippen molar-refractivity contribution in [3.63, 3.8) is 0 Å². The number of amides is 1. The zero-order valence-electron chi connectivity index (χ0n) is 13.2. The predicted octanol–water partition coefficient (Wildman–Crippen LogP) is 3.61. The van der Waals surface area contributed by atoms with E-state index in [9.17, 15) is 15.0 Å². The normalized spacial score (nSPS) is 17.5. The number of phenolic OH excluding ortho intramolecular Hbond substituents is 2. The third-order valence-electron chi connectivity index (χ3n) is 3.54. The van der Waals surface area contributed by atoms with Crippen LogP contribution in [0.15, 0.2) is 46.3 Å². The Bertz CT molecular complexity index is 888. The Hall–Kier alpha value is -2.73. The van der Waals surface area contributed by atoms with E-state index >= 15 is 0 Å². The number of rotatable bonds is 2. The van der Waals surface area contributed by atoms with Crippen molar-refractivity contribution < 1.29 is 15.0 Å². The Kier molecular flexibility index (Phi) is 4.31. The van der Waals surface area contributed by atoms with E-state index in [0.717, 1.165) is 16.8 Å². The molecule has 0 atom stereocenters. The molecule has 122 valence electrons. The Balaban J connectivity index is 1.89. The van der Waals surface area contributed by atoms with Crippen molar-refractivity contribution in [2.75, 3.05) is 0 Å². The number of aryl methyl sites for hydroxylation is 2. The van der Waals surface area contributed by atoms with E-state index in [1.807, 2.05) is 32.0 Å². The van der Waals surface area contributed by atoms with Crippen molar-refractivity contribution in [2.24, 2.45) is 4.99 Å². The zero-order valence-corrected chi connectivity index (χ0v) is 14.0. The number of nitrogens with one attached hydrogen (secondary N) is 1. The number of hydrogen-bond acceptors (Lipinski definition) is 5. The first-order chi connectivity index (χ1) is 11.4. The molecule has 0 bridgehead atoms. The van der Waals surface area contributed by atoms with Gasteiger partial charge >= 0.3 is 0 Å². The van der Waals surface area contributed by atoms with E-state index in [1.54, 1.807) is 12.1 Å². The highest BCUT2D eigenvalue weighted by molar-refractivity contribution is 8.18. The van der Waals surface area contributed by atoms with Crippen molar-refractivity contribution in [1.82, 2.24) is 5.32 Å². The monoisotopic (exact) mass is 340 g/mol. The largest absolute Gasteiger partial charge is 0.508 e. The highest BCUT2D eigenvalue weighted by Crippen LogP contribution is 2.32. The molecule has 6 heteroatoms. The van der Waals surface area contributed by atoms with Gasteiger partial charge in [-0.2, -0.15) is 0 Å². The molecule has 2 aromatic carbocycles. The molecule has 3 N–H and O–H groups in total. The summed E-state index contributed by atoms with van der Waals surface area (Å²) in [5.74, 6) is -0.386. The van der Waals surface area contributed by atoms with Gasteiger partial charge in [-0.25, -0.2) is 4.99 Å². The van der Waals surface area contributed by atoms with E-state index < -0.39 is 0 Å². The fourth-order valence-electron chi connectivity index (χ4n) is 2.23. The van der Waals surface area contributed by atoms with Gasteiger partial charge in [0, 0.05) is 11.6 Å². The first-order valence-electron chi connectivity index (χ1n) is 7.31. The number of nitrogens with zero attached hydrogens (tertiary/aromatic N) is 1. The Morgan fingerprint density at radius 3 is 2.67 bits per heavy atom. The van der Waals surface area contributed by atoms with Crippen molar-refractivity contribution in [2.45, 2.75) is 13.8 Å². The molecule has 2 aromatic rings. The van der Waals surface area contributed by atoms with Gasteiger partial charge < -0.3 is 15.5 Å². The number of benzene rings is 2. The smallest absolute Gasteiger partial charge is 0.264 e. The molecule has 1 saturated heterocycles. The molecule has 0 saturated carbocycles. The first kappa shape index (κ1) is 16.1. The number of aromatic hydroxyl groups is 2. The maximum atomic E-state index is 12.1. The summed E-state index contributed by atoms with van der Waals surface area (Å²) in [5.41, 5.74) is 3.39. The van der Waals surface area contributed by atoms with Crippen LogP contribution in [0.1, 0.15) is 16.7 Å². The van der Waals surface area contributed by atoms with Crippen molar-refractivity contribution in [1.29, 1.82) is 0 Å². The van der Waals surface area contributed by atoms with Crippen LogP contribution < -0.4 is 5.32 Å². The maximum absolute atomic E-state index is 12.1. The number of carbonyl (C=O) groups excluding carboxylic acids is 1. The van der Waals surface area contributed by atoms with Crippen molar-refractivity contribution in [3.8, 4) is 11.5 Å². The molecule has 1 aliphatic rings. The second-order valence-electron chi connectivity index (χ2n) is 5.51. The van der Waals surface area contributed by atoms with Crippen LogP contribution in [0.5, 0.6) is 11.5 Å². The number of aliphatic imine (C=N–C) groups is 1. The van der Waals surface area contributed by atoms with Crippen LogP contribution in [-0.4, -0.2) is 21.3 Å². The fourth-order valence-corrected chi connectivity index (χ4v) is 3.05. The van der Waals surface area contributed by atoms with Crippen LogP contribution in [0, 0.1) is 13.8 Å². The molecule has 0 unspecified atom stereocenters. The summed E-state index contributed by atoms with van der Waals surface area (Å²) in [6.07, 6.45) is 1.57. The molecule has 0 spiro atoms. The van der Waals surface area contributed by atoms with Gasteiger partial charge in [0.05, 0.1) is 10.6 Å². The average Bonchev–Trinajstić information content (AvgIpc) is 2.85. The Morgan fingerprint density at radius 2 is 1.92 bits per heavy atom. The highest BCUT2D eigenvalue weighted by atomic mass is 32.2. The average molecular weight is 340 g/mol. The van der Waals surface area contributed by atoms with Crippen LogP contribution >= 0.6 is 11.8 Å². The van der Waals surface area contributed by atoms with Crippen LogP contribution in [0.4, 0.5) is 5.69 Å². The van der Waals surface area contributed by atoms with Crippen molar-refractivity contribution >= 4 is 34.6 Å². The van der Waals surface area contributed by atoms with Crippen LogP contribution in [0.25, 0.3) is 6.08 Å². The van der Waals surface area contributed by atoms with Crippen molar-refractivity contribution in [3.05, 3.63) is 58.0 Å². The van der Waals surface area contributed by atoms with Crippen LogP contribution in [-0.2, 0) is 4.79 Å². The van der Waals surface area contributed by atoms with Gasteiger partial charge in [-0.15, -0.1) is 0 Å². The van der Waals surface area contributed by atoms with E-state index in [0.29, 0.717) is 15.6 Å². The number of thioether (sulfide) groups is 1. The molecule has 0 aromatic heterocycles. The second kappa shape index (κ2) is 6.41. The topological polar surface area (TPSA) is 81.9 Å². The van der Waals surface area contributed by atoms with E-state index in [-0.39, 0.29) is 17.4 Å². The molecule has 1 amide bonds. The molecular weight excluding hydrogens is 324 g/mol. The van der Waals surface area contributed by atoms with Gasteiger partial charge in [0.2, 0.25) is 0 Å². The van der Waals surface area contributed by atoms with E-state index in [4.69, 9.17) is 0 Å². The van der Waals surface area contributed by atoms with Gasteiger partial charge in [0.1, 0.15) is 11.5 Å². The lowest BCUT2D eigenvalue weighted by Gasteiger charge is -2.02. The van der Waals surface area contributed by atoms with E-state index in [2.05, 4.69) is 10.3 Å². The minimum absolute atomic E-state index is 0.0321. The highest BCUT2D eigenvalue weighted by Gasteiger charge is 2.24. The van der Waals surface area contributed by atoms with Gasteiger partial charge in [-0.1, -0.05) is 12.1 Å². The molecular formula is C18H16N2O3S. The molecule has 1 fully saturated rings. The third kappa shape index (κ3) is 3.44. The van der Waals surface area contributed by atoms with E-state index in [1.165, 1.54) is 23.9 Å². The minimum Gasteiger partial charge on any atom is -0.508 e. The number of phenols is 2. The lowest BCUT2D eigenvalue weighted by Crippen LogP contribution is -2.19. The number of amidine groups is 1. The molecule has 5 nitrogen and oxygen atoms in total. The van der Waals surface area contributed by atoms with Gasteiger partial charge in [-0.05, 0) is 61.0 Å². The quantitative estimate of drug-likeness (QED) is 0.730. The Morgan fingerprint density at radius 1 is 1.12 bits per heavy atom. The molecule has 1 heterocycles. The fraction of sp³-hybridized carbons (Fsp3) is 0.111. The lowest BCUT2D eigenvalue weighted by atomic mass is 10.1. The van der Waals surface area contributed by atoms with Gasteiger partial charge in [-0.3, -0.25) is 4.79 Å². The molecule has 0 radical (unpaired) electrons. The predicted molar refractivity (Wildman–Crippen MR) is 96.5 cm³/mol. The Labute approximate surface area is 143 Å². The second-order valence-corrected chi connectivity index (χ2v) is 6.55. The van der Waals surface area contributed by atoms with Gasteiger partial charge in [0.25, 0.3) is 5.91 Å². The summed E-state index contributed by atoms with van der Waals surface area (Å²) in [4.78, 5) is 17.0. The zero-order chi connectivity index (χ0) is 17.3. The van der Waals surface area contributed by atoms with Crippen LogP contribution in [0.2, 0.25) is 0 Å². The third-order valence-corrected chi connectivity index (χ3v) is 4.45. The SMILES string of the molecule is Cc1ccc(C)c(N=C2NC(=O)/C(=C/c3ccc(O)cc3O)S2)c1. The number of hydrogen-bond donors (Lipinski definition) is 3. The summed E-state index contributed by atoms with van der Waals surface area (Å²) in [5, 5.41) is 22.4. The standard InChI is InChI=1S/C18H16N2O3S/c1-10-3-4-11(2)14(7-10)19-18-20-17(23)16(24-18)8-12-5-6-13(21)9-15(12)22/h3-9,21-22H,1-2H3,(H,19,20,23)/b16-8-. The molecule has 3 rings (SSSR count). The molecule has 0 aliphatic carbocycles. The molecule has 24 heavy (non-hydrogen) atoms. The van der Waals surface area contributed by atoms with Gasteiger partial charge in [0.15, 0.2) is 5.17 Å². The lowest BCUT2D eigenvalue weighted by molar-refractivity contribution is -0.115. The maximum Gasteiger partial charge on any atom is 0.264 e. The minimum atomic E-state index is -0.267. The first-order valence-corrected chi connectivity index (χ1v) is 8.13. The van der Waals surface area contributed by atoms with Crippen LogP contribution in [0.3, 0.4) is 0 Å². The summed E-state index contributed by atoms with van der Waals surface area (Å²) in [6.45, 7) is 3.95. The summed E-state index contributed by atoms with van der Waals surface area (Å²) in [6, 6.07) is 10.2. The summed E-state index contributed by atoms with van der Waals surface area (Å²) < 4.78 is 0. The summed E-state index contributed by atoms with van der Waals surface area (Å²) in [7, 11) is 0.